The summed E-state index contributed by atoms with van der Waals surface area (Å²) < 4.78 is 5.93. The maximum Gasteiger partial charge on any atom is 0.198 e. The minimum absolute atomic E-state index is 0.113. The van der Waals surface area contributed by atoms with Crippen molar-refractivity contribution in [2.24, 2.45) is 17.1 Å². The van der Waals surface area contributed by atoms with Crippen LogP contribution in [0, 0.1) is 28.1 Å². The molecule has 0 aromatic heterocycles. The van der Waals surface area contributed by atoms with Crippen molar-refractivity contribution >= 4 is 11.6 Å². The Balaban J connectivity index is 1.72. The number of likely N-dealkylation sites (tertiary alicyclic amines) is 1. The van der Waals surface area contributed by atoms with E-state index in [1.54, 1.807) is 12.1 Å². The molecule has 1 atom stereocenters. The zero-order valence-electron chi connectivity index (χ0n) is 19.5. The van der Waals surface area contributed by atoms with Gasteiger partial charge in [0.2, 0.25) is 0 Å². The van der Waals surface area contributed by atoms with Crippen LogP contribution in [0.5, 0.6) is 5.75 Å². The Morgan fingerprint density at radius 2 is 1.91 bits per heavy atom. The predicted octanol–water partition coefficient (Wildman–Crippen LogP) is 4.60. The van der Waals surface area contributed by atoms with Crippen molar-refractivity contribution < 1.29 is 4.74 Å². The second-order valence-corrected chi connectivity index (χ2v) is 9.56. The van der Waals surface area contributed by atoms with E-state index < -0.39 is 0 Å². The first-order valence-electron chi connectivity index (χ1n) is 11.3. The third kappa shape index (κ3) is 6.24. The summed E-state index contributed by atoms with van der Waals surface area (Å²) in [5.41, 5.74) is 8.54. The van der Waals surface area contributed by atoms with Gasteiger partial charge in [-0.1, -0.05) is 32.9 Å². The molecule has 0 radical (unpaired) electrons. The van der Waals surface area contributed by atoms with Gasteiger partial charge in [-0.25, -0.2) is 0 Å². The van der Waals surface area contributed by atoms with Crippen molar-refractivity contribution in [2.45, 2.75) is 40.2 Å². The van der Waals surface area contributed by atoms with E-state index in [1.165, 1.54) is 6.42 Å². The second-order valence-electron chi connectivity index (χ2n) is 9.56. The molecule has 1 unspecified atom stereocenters. The summed E-state index contributed by atoms with van der Waals surface area (Å²) in [6.45, 7) is 10.1. The van der Waals surface area contributed by atoms with Gasteiger partial charge in [-0.2, -0.15) is 5.26 Å². The van der Waals surface area contributed by atoms with Gasteiger partial charge in [0, 0.05) is 25.3 Å². The highest BCUT2D eigenvalue weighted by molar-refractivity contribution is 5.94. The van der Waals surface area contributed by atoms with E-state index in [-0.39, 0.29) is 5.41 Å². The number of anilines is 1. The maximum absolute atomic E-state index is 8.96. The normalized spacial score (nSPS) is 16.3. The molecule has 3 N–H and O–H groups in total. The number of nitriles is 1. The van der Waals surface area contributed by atoms with E-state index in [2.05, 4.69) is 36.6 Å². The Bertz CT molecular complexity index is 930. The summed E-state index contributed by atoms with van der Waals surface area (Å²) >= 11 is 0. The Morgan fingerprint density at radius 1 is 1.22 bits per heavy atom. The molecule has 2 aromatic rings. The summed E-state index contributed by atoms with van der Waals surface area (Å²) in [4.78, 5) is 4.27. The first-order chi connectivity index (χ1) is 15.3. The Labute approximate surface area is 192 Å². The van der Waals surface area contributed by atoms with Gasteiger partial charge < -0.3 is 20.3 Å². The molecule has 0 bridgehead atoms. The van der Waals surface area contributed by atoms with Crippen molar-refractivity contribution in [3.63, 3.8) is 0 Å². The lowest BCUT2D eigenvalue weighted by atomic mass is 9.92. The molecule has 6 heteroatoms. The van der Waals surface area contributed by atoms with E-state index in [0.717, 1.165) is 36.5 Å². The van der Waals surface area contributed by atoms with Crippen molar-refractivity contribution in [1.82, 2.24) is 4.90 Å². The molecule has 0 saturated carbocycles. The van der Waals surface area contributed by atoms with Gasteiger partial charge in [0.25, 0.3) is 0 Å². The van der Waals surface area contributed by atoms with Crippen LogP contribution in [0.3, 0.4) is 0 Å². The highest BCUT2D eigenvalue weighted by Gasteiger charge is 2.28. The molecule has 0 aliphatic carbocycles. The first-order valence-corrected chi connectivity index (χ1v) is 11.3. The van der Waals surface area contributed by atoms with Crippen LogP contribution in [0.25, 0.3) is 0 Å². The smallest absolute Gasteiger partial charge is 0.198 e. The number of guanidine groups is 1. The lowest BCUT2D eigenvalue weighted by molar-refractivity contribution is 0.265. The molecule has 0 amide bonds. The number of rotatable bonds is 7. The van der Waals surface area contributed by atoms with Crippen LogP contribution in [-0.2, 0) is 6.61 Å². The molecule has 170 valence electrons. The summed E-state index contributed by atoms with van der Waals surface area (Å²) in [5, 5.41) is 17.9. The first kappa shape index (κ1) is 23.6. The van der Waals surface area contributed by atoms with Crippen molar-refractivity contribution in [3.05, 3.63) is 59.7 Å². The molecule has 32 heavy (non-hydrogen) atoms. The number of nitrogens with two attached hydrogens (primary N) is 1. The Kier molecular flexibility index (Phi) is 7.76. The van der Waals surface area contributed by atoms with Crippen molar-refractivity contribution in [2.75, 3.05) is 31.1 Å². The molecular formula is C26H35N5O. The predicted molar refractivity (Wildman–Crippen MR) is 130 cm³/mol. The lowest BCUT2D eigenvalue weighted by Crippen LogP contribution is -2.51. The fourth-order valence-electron chi connectivity index (χ4n) is 3.90. The monoisotopic (exact) mass is 433 g/mol. The molecule has 1 aliphatic heterocycles. The summed E-state index contributed by atoms with van der Waals surface area (Å²) in [7, 11) is 0. The number of ether oxygens (including phenoxy) is 1. The van der Waals surface area contributed by atoms with Gasteiger partial charge in [-0.05, 0) is 72.7 Å². The largest absolute Gasteiger partial charge is 0.489 e. The summed E-state index contributed by atoms with van der Waals surface area (Å²) in [6.07, 6.45) is 2.35. The van der Waals surface area contributed by atoms with Crippen LogP contribution in [0.2, 0.25) is 0 Å². The number of hydrogen-bond donors (Lipinski definition) is 2. The quantitative estimate of drug-likeness (QED) is 0.492. The third-order valence-corrected chi connectivity index (χ3v) is 5.99. The van der Waals surface area contributed by atoms with E-state index >= 15 is 0 Å². The van der Waals surface area contributed by atoms with Gasteiger partial charge >= 0.3 is 0 Å². The van der Waals surface area contributed by atoms with E-state index in [1.807, 2.05) is 36.4 Å². The molecule has 0 spiro atoms. The maximum atomic E-state index is 8.96. The zero-order valence-corrected chi connectivity index (χ0v) is 19.5. The van der Waals surface area contributed by atoms with Gasteiger partial charge in [0.05, 0.1) is 11.6 Å². The highest BCUT2D eigenvalue weighted by atomic mass is 16.5. The standard InChI is InChI=1S/C26H35N5O/c1-20-5-4-14-30(16-20)25(29)31(19-26(2,3)18-28)23-10-12-24(13-11-23)32-17-22-8-6-21(15-27)7-9-22/h6-13,20,29H,4-5,14,16-19,28H2,1-3H3. The highest BCUT2D eigenvalue weighted by Crippen LogP contribution is 2.27. The van der Waals surface area contributed by atoms with Crippen LogP contribution in [-0.4, -0.2) is 37.0 Å². The summed E-state index contributed by atoms with van der Waals surface area (Å²) in [5.74, 6) is 1.92. The average molecular weight is 434 g/mol. The van der Waals surface area contributed by atoms with E-state index in [9.17, 15) is 0 Å². The molecule has 1 heterocycles. The Morgan fingerprint density at radius 3 is 2.50 bits per heavy atom. The minimum atomic E-state index is -0.113. The topological polar surface area (TPSA) is 89.4 Å². The molecule has 1 fully saturated rings. The number of benzene rings is 2. The number of piperidine rings is 1. The number of nitrogens with one attached hydrogen (secondary N) is 1. The lowest BCUT2D eigenvalue weighted by Gasteiger charge is -2.40. The number of nitrogens with zero attached hydrogens (tertiary/aromatic N) is 3. The molecule has 1 saturated heterocycles. The van der Waals surface area contributed by atoms with Crippen LogP contribution in [0.1, 0.15) is 44.7 Å². The fraction of sp³-hybridized carbons (Fsp3) is 0.462. The molecule has 3 rings (SSSR count). The average Bonchev–Trinajstić information content (AvgIpc) is 2.81. The van der Waals surface area contributed by atoms with E-state index in [4.69, 9.17) is 21.1 Å². The minimum Gasteiger partial charge on any atom is -0.489 e. The van der Waals surface area contributed by atoms with Gasteiger partial charge in [-0.15, -0.1) is 0 Å². The van der Waals surface area contributed by atoms with Crippen molar-refractivity contribution in [1.29, 1.82) is 10.7 Å². The molecule has 6 nitrogen and oxygen atoms in total. The van der Waals surface area contributed by atoms with Gasteiger partial charge in [0.15, 0.2) is 5.96 Å². The Hall–Kier alpha value is -3.04. The molecule has 1 aliphatic rings. The third-order valence-electron chi connectivity index (χ3n) is 5.99. The van der Waals surface area contributed by atoms with Crippen LogP contribution in [0.4, 0.5) is 5.69 Å². The van der Waals surface area contributed by atoms with Gasteiger partial charge in [0.1, 0.15) is 12.4 Å². The fourth-order valence-corrected chi connectivity index (χ4v) is 3.90. The van der Waals surface area contributed by atoms with Crippen LogP contribution < -0.4 is 15.4 Å². The van der Waals surface area contributed by atoms with Crippen molar-refractivity contribution in [3.8, 4) is 11.8 Å². The van der Waals surface area contributed by atoms with Gasteiger partial charge in [-0.3, -0.25) is 5.41 Å². The molecule has 2 aromatic carbocycles. The van der Waals surface area contributed by atoms with E-state index in [0.29, 0.717) is 37.1 Å². The molecular weight excluding hydrogens is 398 g/mol. The number of hydrogen-bond acceptors (Lipinski definition) is 4. The second kappa shape index (κ2) is 10.5. The zero-order chi connectivity index (χ0) is 23.1. The SMILES string of the molecule is CC1CCCN(C(=N)N(CC(C)(C)CN)c2ccc(OCc3ccc(C#N)cc3)cc2)C1. The van der Waals surface area contributed by atoms with Crippen LogP contribution in [0.15, 0.2) is 48.5 Å². The summed E-state index contributed by atoms with van der Waals surface area (Å²) in [6, 6.07) is 17.5. The van der Waals surface area contributed by atoms with Crippen LogP contribution >= 0.6 is 0 Å².